The van der Waals surface area contributed by atoms with E-state index < -0.39 is 0 Å². The van der Waals surface area contributed by atoms with Crippen LogP contribution in [0.15, 0.2) is 0 Å². The molecular formula is C12H25N. The Morgan fingerprint density at radius 3 is 2.08 bits per heavy atom. The van der Waals surface area contributed by atoms with Gasteiger partial charge in [0.15, 0.2) is 0 Å². The Balaban J connectivity index is 2.23. The summed E-state index contributed by atoms with van der Waals surface area (Å²) in [7, 11) is 0. The van der Waals surface area contributed by atoms with Crippen LogP contribution in [-0.4, -0.2) is 12.1 Å². The highest BCUT2D eigenvalue weighted by atomic mass is 15.0. The monoisotopic (exact) mass is 183 g/mol. The van der Waals surface area contributed by atoms with Gasteiger partial charge in [0.25, 0.3) is 0 Å². The molecule has 0 saturated heterocycles. The Labute approximate surface area is 83.3 Å². The molecule has 78 valence electrons. The Bertz CT molecular complexity index is 159. The molecule has 0 radical (unpaired) electrons. The van der Waals surface area contributed by atoms with Crippen molar-refractivity contribution in [3.8, 4) is 0 Å². The van der Waals surface area contributed by atoms with Gasteiger partial charge in [-0.3, -0.25) is 0 Å². The van der Waals surface area contributed by atoms with Crippen molar-refractivity contribution < 1.29 is 0 Å². The van der Waals surface area contributed by atoms with E-state index in [2.05, 4.69) is 39.9 Å². The van der Waals surface area contributed by atoms with Gasteiger partial charge in [0.2, 0.25) is 0 Å². The SMILES string of the molecule is CC(C)CC(C)NC(C)C1(C)CC1. The van der Waals surface area contributed by atoms with E-state index in [0.717, 1.165) is 5.92 Å². The topological polar surface area (TPSA) is 12.0 Å². The third-order valence-corrected chi connectivity index (χ3v) is 3.44. The highest BCUT2D eigenvalue weighted by Crippen LogP contribution is 2.48. The van der Waals surface area contributed by atoms with Crippen molar-refractivity contribution in [3.05, 3.63) is 0 Å². The molecule has 1 saturated carbocycles. The molecule has 1 aliphatic carbocycles. The van der Waals surface area contributed by atoms with Gasteiger partial charge in [0, 0.05) is 12.1 Å². The quantitative estimate of drug-likeness (QED) is 0.690. The fourth-order valence-corrected chi connectivity index (χ4v) is 2.03. The first-order valence-electron chi connectivity index (χ1n) is 5.70. The van der Waals surface area contributed by atoms with Crippen LogP contribution in [0, 0.1) is 11.3 Å². The average molecular weight is 183 g/mol. The zero-order valence-electron chi connectivity index (χ0n) is 9.85. The predicted molar refractivity (Wildman–Crippen MR) is 58.9 cm³/mol. The summed E-state index contributed by atoms with van der Waals surface area (Å²) in [5.41, 5.74) is 0.616. The summed E-state index contributed by atoms with van der Waals surface area (Å²) in [6.07, 6.45) is 4.12. The minimum Gasteiger partial charge on any atom is -0.311 e. The maximum absolute atomic E-state index is 3.71. The smallest absolute Gasteiger partial charge is 0.00950 e. The van der Waals surface area contributed by atoms with Crippen molar-refractivity contribution in [2.45, 2.75) is 66.0 Å². The summed E-state index contributed by atoms with van der Waals surface area (Å²) < 4.78 is 0. The van der Waals surface area contributed by atoms with Crippen LogP contribution in [0.4, 0.5) is 0 Å². The zero-order chi connectivity index (χ0) is 10.1. The number of nitrogens with one attached hydrogen (secondary N) is 1. The Morgan fingerprint density at radius 2 is 1.69 bits per heavy atom. The lowest BCUT2D eigenvalue weighted by Crippen LogP contribution is -2.40. The molecule has 0 aliphatic heterocycles. The molecule has 1 rings (SSSR count). The molecule has 1 N–H and O–H groups in total. The van der Waals surface area contributed by atoms with Crippen molar-refractivity contribution >= 4 is 0 Å². The normalized spacial score (nSPS) is 24.5. The third kappa shape index (κ3) is 3.30. The lowest BCUT2D eigenvalue weighted by atomic mass is 9.98. The van der Waals surface area contributed by atoms with E-state index in [4.69, 9.17) is 0 Å². The summed E-state index contributed by atoms with van der Waals surface area (Å²) in [4.78, 5) is 0. The van der Waals surface area contributed by atoms with Crippen molar-refractivity contribution in [3.63, 3.8) is 0 Å². The van der Waals surface area contributed by atoms with E-state index in [1.54, 1.807) is 0 Å². The van der Waals surface area contributed by atoms with Crippen LogP contribution in [0.5, 0.6) is 0 Å². The van der Waals surface area contributed by atoms with Crippen LogP contribution in [0.25, 0.3) is 0 Å². The van der Waals surface area contributed by atoms with E-state index in [9.17, 15) is 0 Å². The molecule has 0 bridgehead atoms. The average Bonchev–Trinajstić information content (AvgIpc) is 2.67. The Morgan fingerprint density at radius 1 is 1.15 bits per heavy atom. The van der Waals surface area contributed by atoms with Gasteiger partial charge in [-0.25, -0.2) is 0 Å². The largest absolute Gasteiger partial charge is 0.311 e. The van der Waals surface area contributed by atoms with Crippen LogP contribution in [0.3, 0.4) is 0 Å². The molecule has 2 unspecified atom stereocenters. The van der Waals surface area contributed by atoms with E-state index >= 15 is 0 Å². The summed E-state index contributed by atoms with van der Waals surface area (Å²) in [6.45, 7) is 11.6. The van der Waals surface area contributed by atoms with Gasteiger partial charge >= 0.3 is 0 Å². The van der Waals surface area contributed by atoms with Gasteiger partial charge in [-0.05, 0) is 44.4 Å². The molecule has 1 nitrogen and oxygen atoms in total. The first-order valence-corrected chi connectivity index (χ1v) is 5.70. The van der Waals surface area contributed by atoms with Gasteiger partial charge in [-0.15, -0.1) is 0 Å². The third-order valence-electron chi connectivity index (χ3n) is 3.44. The predicted octanol–water partition coefficient (Wildman–Crippen LogP) is 3.20. The van der Waals surface area contributed by atoms with Gasteiger partial charge in [0.1, 0.15) is 0 Å². The summed E-state index contributed by atoms with van der Waals surface area (Å²) in [6, 6.07) is 1.37. The fourth-order valence-electron chi connectivity index (χ4n) is 2.03. The molecule has 1 fully saturated rings. The van der Waals surface area contributed by atoms with Gasteiger partial charge < -0.3 is 5.32 Å². The molecule has 0 aromatic carbocycles. The summed E-state index contributed by atoms with van der Waals surface area (Å²) in [5.74, 6) is 0.807. The molecular weight excluding hydrogens is 158 g/mol. The lowest BCUT2D eigenvalue weighted by molar-refractivity contribution is 0.322. The van der Waals surface area contributed by atoms with Crippen molar-refractivity contribution in [2.75, 3.05) is 0 Å². The zero-order valence-corrected chi connectivity index (χ0v) is 9.85. The van der Waals surface area contributed by atoms with Gasteiger partial charge in [-0.1, -0.05) is 20.8 Å². The minimum absolute atomic E-state index is 0.616. The number of hydrogen-bond donors (Lipinski definition) is 1. The number of hydrogen-bond acceptors (Lipinski definition) is 1. The first-order chi connectivity index (χ1) is 5.94. The fraction of sp³-hybridized carbons (Fsp3) is 1.00. The van der Waals surface area contributed by atoms with Crippen LogP contribution < -0.4 is 5.32 Å². The molecule has 0 heterocycles. The van der Waals surface area contributed by atoms with E-state index in [1.807, 2.05) is 0 Å². The molecule has 2 atom stereocenters. The Kier molecular flexibility index (Phi) is 3.39. The van der Waals surface area contributed by atoms with Crippen LogP contribution in [0.1, 0.15) is 53.9 Å². The standard InChI is InChI=1S/C12H25N/c1-9(2)8-10(3)13-11(4)12(5)6-7-12/h9-11,13H,6-8H2,1-5H3. The van der Waals surface area contributed by atoms with Crippen LogP contribution in [0.2, 0.25) is 0 Å². The second-order valence-electron chi connectivity index (χ2n) is 5.57. The van der Waals surface area contributed by atoms with Crippen molar-refractivity contribution in [2.24, 2.45) is 11.3 Å². The molecule has 0 aromatic rings. The highest BCUT2D eigenvalue weighted by Gasteiger charge is 2.42. The number of rotatable bonds is 5. The minimum atomic E-state index is 0.616. The Hall–Kier alpha value is -0.0400. The lowest BCUT2D eigenvalue weighted by Gasteiger charge is -2.26. The van der Waals surface area contributed by atoms with E-state index in [1.165, 1.54) is 19.3 Å². The summed E-state index contributed by atoms with van der Waals surface area (Å²) >= 11 is 0. The maximum atomic E-state index is 3.71. The van der Waals surface area contributed by atoms with Crippen molar-refractivity contribution in [1.29, 1.82) is 0 Å². The second-order valence-corrected chi connectivity index (χ2v) is 5.57. The van der Waals surface area contributed by atoms with E-state index in [0.29, 0.717) is 17.5 Å². The molecule has 0 spiro atoms. The van der Waals surface area contributed by atoms with Gasteiger partial charge in [0.05, 0.1) is 0 Å². The molecule has 0 amide bonds. The van der Waals surface area contributed by atoms with Gasteiger partial charge in [-0.2, -0.15) is 0 Å². The molecule has 1 aliphatic rings. The van der Waals surface area contributed by atoms with E-state index in [-0.39, 0.29) is 0 Å². The second kappa shape index (κ2) is 4.00. The molecule has 13 heavy (non-hydrogen) atoms. The maximum Gasteiger partial charge on any atom is 0.00950 e. The van der Waals surface area contributed by atoms with Crippen LogP contribution >= 0.6 is 0 Å². The highest BCUT2D eigenvalue weighted by molar-refractivity contribution is 4.97. The van der Waals surface area contributed by atoms with Crippen molar-refractivity contribution in [1.82, 2.24) is 5.32 Å². The molecule has 0 aromatic heterocycles. The van der Waals surface area contributed by atoms with Crippen LogP contribution in [-0.2, 0) is 0 Å². The molecule has 1 heteroatoms. The summed E-state index contributed by atoms with van der Waals surface area (Å²) in [5, 5.41) is 3.71. The first kappa shape index (κ1) is 11.0.